The number of methoxy groups -OCH3 is 1. The van der Waals surface area contributed by atoms with E-state index in [0.29, 0.717) is 17.9 Å². The van der Waals surface area contributed by atoms with Crippen LogP contribution in [0.4, 0.5) is 0 Å². The summed E-state index contributed by atoms with van der Waals surface area (Å²) < 4.78 is 7.67. The van der Waals surface area contributed by atoms with Gasteiger partial charge >= 0.3 is 0 Å². The van der Waals surface area contributed by atoms with Crippen LogP contribution in [0, 0.1) is 5.92 Å². The monoisotopic (exact) mass is 279 g/mol. The molecule has 1 aromatic heterocycles. The molecule has 20 heavy (non-hydrogen) atoms. The van der Waals surface area contributed by atoms with Crippen LogP contribution in [0.25, 0.3) is 0 Å². The largest absolute Gasteiger partial charge is 0.493 e. The normalized spacial score (nSPS) is 23.2. The van der Waals surface area contributed by atoms with Crippen molar-refractivity contribution in [2.24, 2.45) is 5.92 Å². The smallest absolute Gasteiger partial charge is 0.160 e. The molecule has 1 aliphatic carbocycles. The highest BCUT2D eigenvalue weighted by Crippen LogP contribution is 2.41. The van der Waals surface area contributed by atoms with Crippen molar-refractivity contribution in [2.45, 2.75) is 65.0 Å². The summed E-state index contributed by atoms with van der Waals surface area (Å²) in [5.41, 5.74) is 1.31. The second kappa shape index (κ2) is 7.11. The molecule has 4 nitrogen and oxygen atoms in total. The Morgan fingerprint density at radius 3 is 2.80 bits per heavy atom. The van der Waals surface area contributed by atoms with Crippen LogP contribution >= 0.6 is 0 Å². The molecule has 1 aliphatic rings. The van der Waals surface area contributed by atoms with E-state index in [4.69, 9.17) is 4.74 Å². The van der Waals surface area contributed by atoms with Gasteiger partial charge in [0, 0.05) is 18.5 Å². The van der Waals surface area contributed by atoms with Crippen LogP contribution in [0.15, 0.2) is 6.20 Å². The summed E-state index contributed by atoms with van der Waals surface area (Å²) >= 11 is 0. The molecule has 0 spiro atoms. The van der Waals surface area contributed by atoms with E-state index in [2.05, 4.69) is 35.9 Å². The molecule has 1 heterocycles. The number of hydrogen-bond acceptors (Lipinski definition) is 3. The number of nitrogens with one attached hydrogen (secondary N) is 1. The van der Waals surface area contributed by atoms with E-state index < -0.39 is 0 Å². The first kappa shape index (κ1) is 15.4. The lowest BCUT2D eigenvalue weighted by atomic mass is 9.77. The van der Waals surface area contributed by atoms with Crippen LogP contribution in [0.1, 0.15) is 58.1 Å². The quantitative estimate of drug-likeness (QED) is 0.869. The van der Waals surface area contributed by atoms with Crippen LogP contribution in [-0.4, -0.2) is 29.5 Å². The maximum Gasteiger partial charge on any atom is 0.160 e. The minimum absolute atomic E-state index is 0.551. The highest BCUT2D eigenvalue weighted by atomic mass is 16.5. The molecule has 0 bridgehead atoms. The Bertz CT molecular complexity index is 392. The van der Waals surface area contributed by atoms with E-state index in [-0.39, 0.29) is 0 Å². The van der Waals surface area contributed by atoms with Gasteiger partial charge < -0.3 is 10.1 Å². The minimum atomic E-state index is 0.551. The zero-order valence-corrected chi connectivity index (χ0v) is 13.4. The van der Waals surface area contributed by atoms with Gasteiger partial charge in [0.1, 0.15) is 0 Å². The predicted octanol–water partition coefficient (Wildman–Crippen LogP) is 3.18. The van der Waals surface area contributed by atoms with Gasteiger partial charge in [0.05, 0.1) is 19.0 Å². The lowest BCUT2D eigenvalue weighted by Gasteiger charge is -2.33. The number of rotatable bonds is 6. The van der Waals surface area contributed by atoms with Crippen LogP contribution in [0.5, 0.6) is 5.75 Å². The van der Waals surface area contributed by atoms with Crippen molar-refractivity contribution in [1.82, 2.24) is 15.1 Å². The van der Waals surface area contributed by atoms with Gasteiger partial charge in [-0.25, -0.2) is 0 Å². The average Bonchev–Trinajstić information content (AvgIpc) is 2.88. The van der Waals surface area contributed by atoms with E-state index in [1.165, 1.54) is 31.4 Å². The molecular formula is C16H29N3O. The Morgan fingerprint density at radius 1 is 1.40 bits per heavy atom. The second-order valence-corrected chi connectivity index (χ2v) is 6.13. The van der Waals surface area contributed by atoms with Gasteiger partial charge in [0.15, 0.2) is 5.75 Å². The zero-order chi connectivity index (χ0) is 14.5. The van der Waals surface area contributed by atoms with Crippen molar-refractivity contribution in [3.63, 3.8) is 0 Å². The van der Waals surface area contributed by atoms with E-state index in [1.807, 2.05) is 6.20 Å². The molecular weight excluding hydrogens is 250 g/mol. The maximum atomic E-state index is 5.55. The molecule has 1 N–H and O–H groups in total. The lowest BCUT2D eigenvalue weighted by molar-refractivity contribution is 0.271. The third-order valence-electron chi connectivity index (χ3n) is 4.41. The molecule has 114 valence electrons. The fourth-order valence-electron chi connectivity index (χ4n) is 3.36. The molecule has 2 unspecified atom stereocenters. The number of aryl methyl sites for hydroxylation is 1. The molecule has 2 atom stereocenters. The summed E-state index contributed by atoms with van der Waals surface area (Å²) in [6, 6.07) is 0.551. The Balaban J connectivity index is 2.20. The molecule has 2 rings (SSSR count). The van der Waals surface area contributed by atoms with Gasteiger partial charge in [-0.15, -0.1) is 0 Å². The third kappa shape index (κ3) is 3.35. The lowest BCUT2D eigenvalue weighted by Crippen LogP contribution is -2.34. The molecule has 1 aromatic rings. The van der Waals surface area contributed by atoms with Crippen LogP contribution < -0.4 is 10.1 Å². The average molecular weight is 279 g/mol. The Hall–Kier alpha value is -1.03. The molecule has 1 fully saturated rings. The highest BCUT2D eigenvalue weighted by Gasteiger charge is 2.31. The highest BCUT2D eigenvalue weighted by molar-refractivity contribution is 5.29. The number of ether oxygens (including phenoxy) is 1. The first-order valence-electron chi connectivity index (χ1n) is 8.00. The van der Waals surface area contributed by atoms with Crippen molar-refractivity contribution in [3.05, 3.63) is 11.9 Å². The summed E-state index contributed by atoms with van der Waals surface area (Å²) in [7, 11) is 1.75. The zero-order valence-electron chi connectivity index (χ0n) is 13.4. The van der Waals surface area contributed by atoms with Crippen molar-refractivity contribution in [3.8, 4) is 5.75 Å². The Morgan fingerprint density at radius 2 is 2.15 bits per heavy atom. The van der Waals surface area contributed by atoms with Gasteiger partial charge in [0.2, 0.25) is 0 Å². The maximum absolute atomic E-state index is 5.55. The van der Waals surface area contributed by atoms with Gasteiger partial charge in [-0.3, -0.25) is 4.68 Å². The van der Waals surface area contributed by atoms with Crippen molar-refractivity contribution < 1.29 is 4.74 Å². The standard InChI is InChI=1S/C16H29N3O/c1-5-19-16(15(20-4)11-18-19)14-9-7-6-8-13(14)10-17-12(2)3/h11-14,17H,5-10H2,1-4H3. The van der Waals surface area contributed by atoms with E-state index in [0.717, 1.165) is 18.8 Å². The number of nitrogens with zero attached hydrogens (tertiary/aromatic N) is 2. The fraction of sp³-hybridized carbons (Fsp3) is 0.812. The molecule has 0 aliphatic heterocycles. The molecule has 0 radical (unpaired) electrons. The van der Waals surface area contributed by atoms with Gasteiger partial charge in [-0.05, 0) is 32.2 Å². The third-order valence-corrected chi connectivity index (χ3v) is 4.41. The SMILES string of the molecule is CCn1ncc(OC)c1C1CCCCC1CNC(C)C. The fourth-order valence-corrected chi connectivity index (χ4v) is 3.36. The Kier molecular flexibility index (Phi) is 5.46. The Labute approximate surface area is 122 Å². The van der Waals surface area contributed by atoms with Crippen molar-refractivity contribution in [2.75, 3.05) is 13.7 Å². The first-order valence-corrected chi connectivity index (χ1v) is 8.00. The molecule has 1 saturated carbocycles. The summed E-state index contributed by atoms with van der Waals surface area (Å²) in [5.74, 6) is 2.24. The summed E-state index contributed by atoms with van der Waals surface area (Å²) in [6.07, 6.45) is 7.11. The summed E-state index contributed by atoms with van der Waals surface area (Å²) in [4.78, 5) is 0. The summed E-state index contributed by atoms with van der Waals surface area (Å²) in [6.45, 7) is 8.60. The van der Waals surface area contributed by atoms with Crippen LogP contribution in [-0.2, 0) is 6.54 Å². The van der Waals surface area contributed by atoms with Gasteiger partial charge in [-0.1, -0.05) is 26.7 Å². The predicted molar refractivity (Wildman–Crippen MR) is 82.3 cm³/mol. The second-order valence-electron chi connectivity index (χ2n) is 6.13. The number of hydrogen-bond donors (Lipinski definition) is 1. The molecule has 4 heteroatoms. The summed E-state index contributed by atoms with van der Waals surface area (Å²) in [5, 5.41) is 8.09. The van der Waals surface area contributed by atoms with E-state index in [9.17, 15) is 0 Å². The van der Waals surface area contributed by atoms with Crippen molar-refractivity contribution in [1.29, 1.82) is 0 Å². The molecule has 0 amide bonds. The van der Waals surface area contributed by atoms with Gasteiger partial charge in [-0.2, -0.15) is 5.10 Å². The topological polar surface area (TPSA) is 39.1 Å². The molecule has 0 aromatic carbocycles. The van der Waals surface area contributed by atoms with Crippen LogP contribution in [0.3, 0.4) is 0 Å². The van der Waals surface area contributed by atoms with E-state index >= 15 is 0 Å². The number of aromatic nitrogens is 2. The first-order chi connectivity index (χ1) is 9.67. The molecule has 0 saturated heterocycles. The van der Waals surface area contributed by atoms with Gasteiger partial charge in [0.25, 0.3) is 0 Å². The van der Waals surface area contributed by atoms with Crippen LogP contribution in [0.2, 0.25) is 0 Å². The van der Waals surface area contributed by atoms with E-state index in [1.54, 1.807) is 7.11 Å². The van der Waals surface area contributed by atoms with Crippen molar-refractivity contribution >= 4 is 0 Å². The minimum Gasteiger partial charge on any atom is -0.493 e.